The minimum atomic E-state index is -0.732. The Bertz CT molecular complexity index is 1030. The molecule has 2 aromatic rings. The lowest BCUT2D eigenvalue weighted by atomic mass is 9.80. The van der Waals surface area contributed by atoms with Crippen LogP contribution in [0.1, 0.15) is 69.7 Å². The highest BCUT2D eigenvalue weighted by molar-refractivity contribution is 8.04. The van der Waals surface area contributed by atoms with Gasteiger partial charge in [-0.15, -0.1) is 0 Å². The highest BCUT2D eigenvalue weighted by Crippen LogP contribution is 2.45. The largest absolute Gasteiger partial charge is 0.511 e. The third-order valence-electron chi connectivity index (χ3n) is 6.57. The zero-order valence-corrected chi connectivity index (χ0v) is 21.4. The van der Waals surface area contributed by atoms with E-state index in [4.69, 9.17) is 4.74 Å². The van der Waals surface area contributed by atoms with E-state index in [0.717, 1.165) is 28.0 Å². The Morgan fingerprint density at radius 1 is 1.15 bits per heavy atom. The van der Waals surface area contributed by atoms with Gasteiger partial charge in [0.05, 0.1) is 6.61 Å². The lowest BCUT2D eigenvalue weighted by molar-refractivity contribution is -0.164. The fourth-order valence-electron chi connectivity index (χ4n) is 4.28. The summed E-state index contributed by atoms with van der Waals surface area (Å²) in [6.07, 6.45) is 1.74. The van der Waals surface area contributed by atoms with Crippen molar-refractivity contribution in [2.75, 3.05) is 0 Å². The van der Waals surface area contributed by atoms with Crippen LogP contribution in [0.2, 0.25) is 0 Å². The molecule has 5 heteroatoms. The predicted molar refractivity (Wildman–Crippen MR) is 134 cm³/mol. The van der Waals surface area contributed by atoms with Crippen LogP contribution >= 0.6 is 11.8 Å². The van der Waals surface area contributed by atoms with Gasteiger partial charge in [0.2, 0.25) is 0 Å². The SMILES string of the molecule is Cc1cc(SC2=C(O)C[C@@](CCc3ccccc3)(C(C)C)OC2=O)c(C(C)(C)C)cc1CO. The first kappa shape index (κ1) is 25.4. The molecule has 0 fully saturated rings. The molecule has 0 bridgehead atoms. The topological polar surface area (TPSA) is 66.8 Å². The number of cyclic esters (lactones) is 1. The average Bonchev–Trinajstić information content (AvgIpc) is 2.74. The number of esters is 1. The molecule has 0 spiro atoms. The van der Waals surface area contributed by atoms with Gasteiger partial charge in [0.15, 0.2) is 0 Å². The van der Waals surface area contributed by atoms with Gasteiger partial charge in [0.1, 0.15) is 16.3 Å². The number of aliphatic hydroxyl groups is 2. The van der Waals surface area contributed by atoms with E-state index in [1.54, 1.807) is 0 Å². The summed E-state index contributed by atoms with van der Waals surface area (Å²) in [7, 11) is 0. The van der Waals surface area contributed by atoms with Gasteiger partial charge in [-0.05, 0) is 59.4 Å². The first-order valence-electron chi connectivity index (χ1n) is 11.6. The van der Waals surface area contributed by atoms with Gasteiger partial charge in [0, 0.05) is 11.3 Å². The van der Waals surface area contributed by atoms with Crippen LogP contribution in [0.4, 0.5) is 0 Å². The number of carbonyl (C=O) groups excluding carboxylic acids is 1. The first-order chi connectivity index (χ1) is 15.5. The van der Waals surface area contributed by atoms with Crippen molar-refractivity contribution >= 4 is 17.7 Å². The summed E-state index contributed by atoms with van der Waals surface area (Å²) in [5.74, 6) is -0.300. The first-order valence-corrected chi connectivity index (χ1v) is 12.4. The predicted octanol–water partition coefficient (Wildman–Crippen LogP) is 6.62. The highest BCUT2D eigenvalue weighted by atomic mass is 32.2. The molecule has 0 aliphatic carbocycles. The molecule has 1 aliphatic rings. The van der Waals surface area contributed by atoms with E-state index >= 15 is 0 Å². The number of aryl methyl sites for hydroxylation is 2. The summed E-state index contributed by atoms with van der Waals surface area (Å²) in [5.41, 5.74) is 3.12. The second-order valence-electron chi connectivity index (χ2n) is 10.3. The van der Waals surface area contributed by atoms with Gasteiger partial charge in [-0.3, -0.25) is 0 Å². The number of rotatable bonds is 7. The number of carbonyl (C=O) groups is 1. The van der Waals surface area contributed by atoms with Crippen LogP contribution in [0.15, 0.2) is 58.0 Å². The van der Waals surface area contributed by atoms with E-state index in [1.807, 2.05) is 51.1 Å². The van der Waals surface area contributed by atoms with Crippen molar-refractivity contribution < 1.29 is 19.7 Å². The lowest BCUT2D eigenvalue weighted by Crippen LogP contribution is -2.44. The Kier molecular flexibility index (Phi) is 7.65. The maximum Gasteiger partial charge on any atom is 0.349 e. The van der Waals surface area contributed by atoms with Crippen LogP contribution in [0.3, 0.4) is 0 Å². The summed E-state index contributed by atoms with van der Waals surface area (Å²) in [5, 5.41) is 20.8. The molecule has 33 heavy (non-hydrogen) atoms. The summed E-state index contributed by atoms with van der Waals surface area (Å²) < 4.78 is 6.10. The molecule has 178 valence electrons. The Morgan fingerprint density at radius 3 is 2.36 bits per heavy atom. The van der Waals surface area contributed by atoms with Crippen molar-refractivity contribution in [1.29, 1.82) is 0 Å². The summed E-state index contributed by atoms with van der Waals surface area (Å²) in [4.78, 5) is 14.4. The summed E-state index contributed by atoms with van der Waals surface area (Å²) in [6.45, 7) is 12.3. The molecule has 3 rings (SSSR count). The Balaban J connectivity index is 1.92. The number of thioether (sulfide) groups is 1. The van der Waals surface area contributed by atoms with E-state index in [2.05, 4.69) is 32.9 Å². The zero-order chi connectivity index (χ0) is 24.4. The van der Waals surface area contributed by atoms with E-state index < -0.39 is 11.6 Å². The number of benzene rings is 2. The normalized spacial score (nSPS) is 19.2. The lowest BCUT2D eigenvalue weighted by Gasteiger charge is -2.40. The number of hydrogen-bond acceptors (Lipinski definition) is 5. The molecule has 2 N–H and O–H groups in total. The van der Waals surface area contributed by atoms with Crippen molar-refractivity contribution in [2.24, 2.45) is 5.92 Å². The maximum atomic E-state index is 13.2. The van der Waals surface area contributed by atoms with Gasteiger partial charge >= 0.3 is 5.97 Å². The summed E-state index contributed by atoms with van der Waals surface area (Å²) in [6, 6.07) is 14.1. The van der Waals surface area contributed by atoms with E-state index in [-0.39, 0.29) is 28.6 Å². The van der Waals surface area contributed by atoms with Crippen LogP contribution < -0.4 is 0 Å². The molecule has 0 saturated heterocycles. The van der Waals surface area contributed by atoms with Crippen LogP contribution in [0.25, 0.3) is 0 Å². The third-order valence-corrected chi connectivity index (χ3v) is 7.73. The van der Waals surface area contributed by atoms with Gasteiger partial charge in [-0.25, -0.2) is 4.79 Å². The second-order valence-corrected chi connectivity index (χ2v) is 11.4. The van der Waals surface area contributed by atoms with Gasteiger partial charge in [-0.1, -0.05) is 82.8 Å². The fraction of sp³-hybridized carbons (Fsp3) is 0.464. The molecule has 0 aromatic heterocycles. The quantitative estimate of drug-likeness (QED) is 0.447. The molecule has 4 nitrogen and oxygen atoms in total. The Hall–Kier alpha value is -2.24. The van der Waals surface area contributed by atoms with Crippen molar-refractivity contribution in [2.45, 2.75) is 83.3 Å². The van der Waals surface area contributed by atoms with Gasteiger partial charge in [-0.2, -0.15) is 0 Å². The van der Waals surface area contributed by atoms with Crippen LogP contribution in [0.5, 0.6) is 0 Å². The number of hydrogen-bond donors (Lipinski definition) is 2. The van der Waals surface area contributed by atoms with E-state index in [1.165, 1.54) is 17.3 Å². The highest BCUT2D eigenvalue weighted by Gasteiger charge is 2.44. The Labute approximate surface area is 202 Å². The monoisotopic (exact) mass is 468 g/mol. The molecule has 0 amide bonds. The van der Waals surface area contributed by atoms with Gasteiger partial charge in [0.25, 0.3) is 0 Å². The average molecular weight is 469 g/mol. The van der Waals surface area contributed by atoms with Crippen molar-refractivity contribution in [3.8, 4) is 0 Å². The zero-order valence-electron chi connectivity index (χ0n) is 20.6. The van der Waals surface area contributed by atoms with E-state index in [0.29, 0.717) is 12.8 Å². The Morgan fingerprint density at radius 2 is 1.82 bits per heavy atom. The molecule has 1 aliphatic heterocycles. The maximum absolute atomic E-state index is 13.2. The van der Waals surface area contributed by atoms with E-state index in [9.17, 15) is 15.0 Å². The standard InChI is InChI=1S/C28H36O4S/c1-18(2)28(13-12-20-10-8-7-9-11-20)16-23(30)25(26(31)32-28)33-24-14-19(3)21(17-29)15-22(24)27(4,5)6/h7-11,14-15,18,29-30H,12-13,16-17H2,1-6H3/t28-/m0/s1. The van der Waals surface area contributed by atoms with Gasteiger partial charge < -0.3 is 14.9 Å². The summed E-state index contributed by atoms with van der Waals surface area (Å²) >= 11 is 1.27. The number of ether oxygens (including phenoxy) is 1. The van der Waals surface area contributed by atoms with Crippen LogP contribution in [-0.4, -0.2) is 21.8 Å². The van der Waals surface area contributed by atoms with Crippen LogP contribution in [0, 0.1) is 12.8 Å². The van der Waals surface area contributed by atoms with Crippen LogP contribution in [-0.2, 0) is 28.0 Å². The third kappa shape index (κ3) is 5.64. The van der Waals surface area contributed by atoms with Crippen molar-refractivity contribution in [3.05, 3.63) is 75.4 Å². The molecule has 0 radical (unpaired) electrons. The molecular formula is C28H36O4S. The second kappa shape index (κ2) is 9.94. The smallest absolute Gasteiger partial charge is 0.349 e. The molecule has 1 atom stereocenters. The molecule has 1 heterocycles. The molecule has 0 saturated carbocycles. The molecule has 2 aromatic carbocycles. The number of aliphatic hydroxyl groups excluding tert-OH is 2. The fourth-order valence-corrected chi connectivity index (χ4v) is 5.52. The molecular weight excluding hydrogens is 432 g/mol. The minimum absolute atomic E-state index is 0.0336. The molecule has 0 unspecified atom stereocenters. The van der Waals surface area contributed by atoms with Crippen molar-refractivity contribution in [1.82, 2.24) is 0 Å². The van der Waals surface area contributed by atoms with Crippen molar-refractivity contribution in [3.63, 3.8) is 0 Å². The minimum Gasteiger partial charge on any atom is -0.511 e.